The number of thiazole rings is 1. The zero-order valence-corrected chi connectivity index (χ0v) is 11.6. The van der Waals surface area contributed by atoms with Gasteiger partial charge in [-0.1, -0.05) is 12.1 Å². The van der Waals surface area contributed by atoms with Gasteiger partial charge in [0.15, 0.2) is 0 Å². The minimum absolute atomic E-state index is 0.124. The molecule has 2 aromatic rings. The molecule has 0 aliphatic carbocycles. The van der Waals surface area contributed by atoms with E-state index in [1.54, 1.807) is 0 Å². The van der Waals surface area contributed by atoms with Crippen molar-refractivity contribution in [2.45, 2.75) is 33.0 Å². The largest absolute Gasteiger partial charge is 0.491 e. The molecule has 1 aromatic carbocycles. The van der Waals surface area contributed by atoms with Crippen molar-refractivity contribution in [3.8, 4) is 5.75 Å². The summed E-state index contributed by atoms with van der Waals surface area (Å²) in [5.41, 5.74) is 1.50. The Balaban J connectivity index is 2.22. The molecule has 0 saturated carbocycles. The van der Waals surface area contributed by atoms with Gasteiger partial charge >= 0.3 is 0 Å². The zero-order valence-electron chi connectivity index (χ0n) is 10.8. The highest BCUT2D eigenvalue weighted by Gasteiger charge is 2.14. The number of rotatable bonds is 4. The van der Waals surface area contributed by atoms with Crippen molar-refractivity contribution in [3.05, 3.63) is 45.9 Å². The number of aromatic nitrogens is 1. The third-order valence-corrected chi connectivity index (χ3v) is 3.25. The summed E-state index contributed by atoms with van der Waals surface area (Å²) >= 11 is 1.54. The lowest BCUT2D eigenvalue weighted by Crippen LogP contribution is -2.06. The molecule has 0 aliphatic heterocycles. The van der Waals surface area contributed by atoms with Gasteiger partial charge in [-0.15, -0.1) is 11.3 Å². The van der Waals surface area contributed by atoms with E-state index in [1.165, 1.54) is 11.3 Å². The molecule has 2 rings (SSSR count). The fourth-order valence-corrected chi connectivity index (χ4v) is 2.34. The molecule has 18 heavy (non-hydrogen) atoms. The van der Waals surface area contributed by atoms with Gasteiger partial charge in [0, 0.05) is 5.38 Å². The summed E-state index contributed by atoms with van der Waals surface area (Å²) in [6, 6.07) is 7.52. The van der Waals surface area contributed by atoms with Gasteiger partial charge in [-0.05, 0) is 38.5 Å². The molecule has 1 aromatic heterocycles. The fraction of sp³-hybridized carbons (Fsp3) is 0.357. The van der Waals surface area contributed by atoms with E-state index in [9.17, 15) is 5.11 Å². The van der Waals surface area contributed by atoms with Crippen molar-refractivity contribution in [2.75, 3.05) is 0 Å². The fourth-order valence-electron chi connectivity index (χ4n) is 1.71. The maximum absolute atomic E-state index is 10.3. The van der Waals surface area contributed by atoms with Crippen LogP contribution >= 0.6 is 11.3 Å². The second-order valence-corrected chi connectivity index (χ2v) is 5.50. The van der Waals surface area contributed by atoms with Crippen molar-refractivity contribution in [1.29, 1.82) is 0 Å². The van der Waals surface area contributed by atoms with Gasteiger partial charge in [-0.25, -0.2) is 4.98 Å². The van der Waals surface area contributed by atoms with Crippen LogP contribution in [0.5, 0.6) is 5.75 Å². The summed E-state index contributed by atoms with van der Waals surface area (Å²) in [6.07, 6.45) is -0.565. The smallest absolute Gasteiger partial charge is 0.122 e. The van der Waals surface area contributed by atoms with E-state index in [0.29, 0.717) is 5.69 Å². The lowest BCUT2D eigenvalue weighted by molar-refractivity contribution is 0.212. The third-order valence-electron chi connectivity index (χ3n) is 2.46. The summed E-state index contributed by atoms with van der Waals surface area (Å²) in [7, 11) is 0. The first-order valence-corrected chi connectivity index (χ1v) is 6.81. The molecule has 4 heteroatoms. The standard InChI is InChI=1S/C14H17NO2S/c1-9(2)17-12-6-4-5-11(7-12)14(16)13-8-18-10(3)15-13/h4-9,14,16H,1-3H3. The number of aliphatic hydroxyl groups is 1. The van der Waals surface area contributed by atoms with Crippen molar-refractivity contribution in [3.63, 3.8) is 0 Å². The average molecular weight is 263 g/mol. The van der Waals surface area contributed by atoms with Gasteiger partial charge in [-0.3, -0.25) is 0 Å². The van der Waals surface area contributed by atoms with Crippen LogP contribution < -0.4 is 4.74 Å². The third kappa shape index (κ3) is 3.09. The van der Waals surface area contributed by atoms with Crippen molar-refractivity contribution < 1.29 is 9.84 Å². The van der Waals surface area contributed by atoms with Crippen molar-refractivity contribution in [1.82, 2.24) is 4.98 Å². The minimum Gasteiger partial charge on any atom is -0.491 e. The van der Waals surface area contributed by atoms with Crippen LogP contribution in [0.2, 0.25) is 0 Å². The first-order chi connectivity index (χ1) is 8.56. The molecule has 1 unspecified atom stereocenters. The monoisotopic (exact) mass is 263 g/mol. The molecular formula is C14H17NO2S. The first kappa shape index (κ1) is 13.1. The van der Waals surface area contributed by atoms with Crippen LogP contribution in [0, 0.1) is 6.92 Å². The van der Waals surface area contributed by atoms with Crippen LogP contribution in [-0.2, 0) is 0 Å². The van der Waals surface area contributed by atoms with Gasteiger partial charge in [0.1, 0.15) is 11.9 Å². The summed E-state index contributed by atoms with van der Waals surface area (Å²) in [5.74, 6) is 0.772. The Morgan fingerprint density at radius 3 is 2.72 bits per heavy atom. The van der Waals surface area contributed by atoms with E-state index in [4.69, 9.17) is 4.74 Å². The topological polar surface area (TPSA) is 42.4 Å². The summed E-state index contributed by atoms with van der Waals surface area (Å²) < 4.78 is 5.62. The van der Waals surface area contributed by atoms with E-state index in [2.05, 4.69) is 4.98 Å². The molecule has 0 fully saturated rings. The zero-order chi connectivity index (χ0) is 13.1. The number of hydrogen-bond donors (Lipinski definition) is 1. The van der Waals surface area contributed by atoms with Crippen LogP contribution in [0.15, 0.2) is 29.6 Å². The summed E-state index contributed by atoms with van der Waals surface area (Å²) in [5, 5.41) is 13.1. The highest BCUT2D eigenvalue weighted by atomic mass is 32.1. The highest BCUT2D eigenvalue weighted by Crippen LogP contribution is 2.26. The van der Waals surface area contributed by atoms with Crippen LogP contribution in [0.3, 0.4) is 0 Å². The lowest BCUT2D eigenvalue weighted by atomic mass is 10.1. The Hall–Kier alpha value is -1.39. The molecule has 1 N–H and O–H groups in total. The van der Waals surface area contributed by atoms with Gasteiger partial charge in [0.25, 0.3) is 0 Å². The van der Waals surface area contributed by atoms with Gasteiger partial charge in [-0.2, -0.15) is 0 Å². The minimum atomic E-state index is -0.689. The Morgan fingerprint density at radius 1 is 1.33 bits per heavy atom. The average Bonchev–Trinajstić information content (AvgIpc) is 2.74. The predicted octanol–water partition coefficient (Wildman–Crippen LogP) is 3.32. The Labute approximate surface area is 111 Å². The van der Waals surface area contributed by atoms with E-state index >= 15 is 0 Å². The molecular weight excluding hydrogens is 246 g/mol. The van der Waals surface area contributed by atoms with E-state index < -0.39 is 6.10 Å². The van der Waals surface area contributed by atoms with Crippen molar-refractivity contribution >= 4 is 11.3 Å². The normalized spacial score (nSPS) is 12.7. The first-order valence-electron chi connectivity index (χ1n) is 5.93. The maximum Gasteiger partial charge on any atom is 0.122 e. The summed E-state index contributed by atoms with van der Waals surface area (Å²) in [6.45, 7) is 5.89. The Bertz CT molecular complexity index is 522. The molecule has 0 radical (unpaired) electrons. The van der Waals surface area contributed by atoms with E-state index in [0.717, 1.165) is 16.3 Å². The van der Waals surface area contributed by atoms with Gasteiger partial charge in [0.2, 0.25) is 0 Å². The highest BCUT2D eigenvalue weighted by molar-refractivity contribution is 7.09. The SMILES string of the molecule is Cc1nc(C(O)c2cccc(OC(C)C)c2)cs1. The summed E-state index contributed by atoms with van der Waals surface area (Å²) in [4.78, 5) is 4.31. The molecule has 0 saturated heterocycles. The van der Waals surface area contributed by atoms with Gasteiger partial charge < -0.3 is 9.84 Å². The van der Waals surface area contributed by atoms with Crippen LogP contribution in [0.25, 0.3) is 0 Å². The number of ether oxygens (including phenoxy) is 1. The van der Waals surface area contributed by atoms with Crippen LogP contribution in [0.4, 0.5) is 0 Å². The lowest BCUT2D eigenvalue weighted by Gasteiger charge is -2.13. The number of aliphatic hydroxyl groups excluding tert-OH is 1. The Morgan fingerprint density at radius 2 is 2.11 bits per heavy atom. The molecule has 0 amide bonds. The number of benzene rings is 1. The molecule has 1 atom stereocenters. The van der Waals surface area contributed by atoms with E-state index in [-0.39, 0.29) is 6.10 Å². The molecule has 0 bridgehead atoms. The Kier molecular flexibility index (Phi) is 3.99. The van der Waals surface area contributed by atoms with E-state index in [1.807, 2.05) is 50.4 Å². The predicted molar refractivity (Wildman–Crippen MR) is 73.1 cm³/mol. The second-order valence-electron chi connectivity index (χ2n) is 4.43. The number of hydrogen-bond acceptors (Lipinski definition) is 4. The van der Waals surface area contributed by atoms with Crippen LogP contribution in [-0.4, -0.2) is 16.2 Å². The molecule has 3 nitrogen and oxygen atoms in total. The number of nitrogens with zero attached hydrogens (tertiary/aromatic N) is 1. The van der Waals surface area contributed by atoms with Crippen molar-refractivity contribution in [2.24, 2.45) is 0 Å². The quantitative estimate of drug-likeness (QED) is 0.920. The maximum atomic E-state index is 10.3. The molecule has 96 valence electrons. The number of aryl methyl sites for hydroxylation is 1. The van der Waals surface area contributed by atoms with Crippen LogP contribution in [0.1, 0.15) is 36.2 Å². The molecule has 1 heterocycles. The second kappa shape index (κ2) is 5.50. The molecule has 0 aliphatic rings. The molecule has 0 spiro atoms. The van der Waals surface area contributed by atoms with Gasteiger partial charge in [0.05, 0.1) is 16.8 Å².